The van der Waals surface area contributed by atoms with Crippen molar-refractivity contribution in [2.75, 3.05) is 12.3 Å². The first-order valence-electron chi connectivity index (χ1n) is 5.31. The van der Waals surface area contributed by atoms with Gasteiger partial charge in [-0.25, -0.2) is 4.98 Å². The highest BCUT2D eigenvalue weighted by Gasteiger charge is 2.35. The molecule has 1 aromatic heterocycles. The summed E-state index contributed by atoms with van der Waals surface area (Å²) in [5.74, 6) is 0.333. The Labute approximate surface area is 108 Å². The Morgan fingerprint density at radius 1 is 1.78 bits per heavy atom. The van der Waals surface area contributed by atoms with Crippen LogP contribution in [-0.4, -0.2) is 33.4 Å². The predicted molar refractivity (Wildman–Crippen MR) is 66.0 cm³/mol. The molecule has 2 rings (SSSR count). The van der Waals surface area contributed by atoms with Gasteiger partial charge in [0, 0.05) is 17.5 Å². The van der Waals surface area contributed by atoms with E-state index in [0.717, 1.165) is 0 Å². The van der Waals surface area contributed by atoms with Gasteiger partial charge in [0.25, 0.3) is 0 Å². The van der Waals surface area contributed by atoms with Crippen LogP contribution in [0.15, 0.2) is 17.4 Å². The number of aliphatic hydroxyl groups excluding tert-OH is 1. The minimum Gasteiger partial charge on any atom is -0.394 e. The van der Waals surface area contributed by atoms with Crippen molar-refractivity contribution in [2.24, 2.45) is 5.11 Å². The minimum atomic E-state index is -0.523. The summed E-state index contributed by atoms with van der Waals surface area (Å²) in [7, 11) is 0. The van der Waals surface area contributed by atoms with Gasteiger partial charge in [0.05, 0.1) is 18.8 Å². The Morgan fingerprint density at radius 2 is 2.56 bits per heavy atom. The maximum Gasteiger partial charge on any atom is 0.203 e. The van der Waals surface area contributed by atoms with E-state index in [0.29, 0.717) is 17.0 Å². The number of hydrogen-bond donors (Lipinski definition) is 2. The van der Waals surface area contributed by atoms with Gasteiger partial charge in [-0.15, -0.1) is 0 Å². The lowest BCUT2D eigenvalue weighted by molar-refractivity contribution is -0.0261. The van der Waals surface area contributed by atoms with Gasteiger partial charge in [0.15, 0.2) is 0 Å². The number of anilines is 1. The number of nitrogens with zero attached hydrogens (tertiary/aromatic N) is 5. The molecule has 0 saturated carbocycles. The molecule has 1 fully saturated rings. The van der Waals surface area contributed by atoms with Gasteiger partial charge in [0.1, 0.15) is 12.0 Å². The molecule has 2 heterocycles. The van der Waals surface area contributed by atoms with Crippen molar-refractivity contribution >= 4 is 18.0 Å². The van der Waals surface area contributed by atoms with Crippen molar-refractivity contribution in [1.29, 1.82) is 0 Å². The summed E-state index contributed by atoms with van der Waals surface area (Å²) in [5.41, 5.74) is 14.0. The van der Waals surface area contributed by atoms with Gasteiger partial charge in [-0.3, -0.25) is 4.57 Å². The molecular weight excluding hydrogens is 256 g/mol. The Hall–Kier alpha value is -1.67. The lowest BCUT2D eigenvalue weighted by Gasteiger charge is -2.15. The first-order valence-corrected chi connectivity index (χ1v) is 5.71. The van der Waals surface area contributed by atoms with Crippen LogP contribution in [0.3, 0.4) is 0 Å². The van der Waals surface area contributed by atoms with E-state index in [4.69, 9.17) is 33.3 Å². The van der Waals surface area contributed by atoms with Crippen LogP contribution in [0, 0.1) is 4.77 Å². The monoisotopic (exact) mass is 268 g/mol. The van der Waals surface area contributed by atoms with E-state index in [1.807, 2.05) is 0 Å². The second-order valence-corrected chi connectivity index (χ2v) is 4.23. The maximum atomic E-state index is 9.16. The number of ether oxygens (including phenoxy) is 1. The van der Waals surface area contributed by atoms with Gasteiger partial charge < -0.3 is 15.6 Å². The number of hydrogen-bond acceptors (Lipinski definition) is 6. The van der Waals surface area contributed by atoms with E-state index < -0.39 is 18.4 Å². The number of azide groups is 1. The highest BCUT2D eigenvalue weighted by molar-refractivity contribution is 7.71. The van der Waals surface area contributed by atoms with E-state index in [1.165, 1.54) is 0 Å². The molecule has 1 saturated heterocycles. The number of aliphatic hydroxyl groups is 1. The average molecular weight is 268 g/mol. The second kappa shape index (κ2) is 5.32. The van der Waals surface area contributed by atoms with Crippen molar-refractivity contribution in [3.8, 4) is 0 Å². The van der Waals surface area contributed by atoms with E-state index in [-0.39, 0.29) is 6.61 Å². The molecule has 3 atom stereocenters. The second-order valence-electron chi connectivity index (χ2n) is 3.86. The van der Waals surface area contributed by atoms with Crippen LogP contribution in [-0.2, 0) is 4.74 Å². The summed E-state index contributed by atoms with van der Waals surface area (Å²) >= 11 is 5.08. The molecule has 3 N–H and O–H groups in total. The summed E-state index contributed by atoms with van der Waals surface area (Å²) in [4.78, 5) is 6.69. The molecule has 0 aliphatic carbocycles. The Balaban J connectivity index is 2.25. The zero-order valence-electron chi connectivity index (χ0n) is 9.38. The van der Waals surface area contributed by atoms with Crippen LogP contribution in [0.1, 0.15) is 12.6 Å². The van der Waals surface area contributed by atoms with E-state index in [9.17, 15) is 0 Å². The van der Waals surface area contributed by atoms with E-state index >= 15 is 0 Å². The zero-order chi connectivity index (χ0) is 13.1. The molecule has 0 bridgehead atoms. The average Bonchev–Trinajstić information content (AvgIpc) is 2.72. The zero-order valence-corrected chi connectivity index (χ0v) is 10.2. The summed E-state index contributed by atoms with van der Waals surface area (Å²) < 4.78 is 7.50. The van der Waals surface area contributed by atoms with E-state index in [1.54, 1.807) is 16.8 Å². The van der Waals surface area contributed by atoms with Gasteiger partial charge in [0.2, 0.25) is 4.77 Å². The van der Waals surface area contributed by atoms with Crippen LogP contribution < -0.4 is 5.73 Å². The molecule has 0 radical (unpaired) electrons. The molecule has 96 valence electrons. The molecule has 8 nitrogen and oxygen atoms in total. The molecule has 18 heavy (non-hydrogen) atoms. The Morgan fingerprint density at radius 3 is 3.17 bits per heavy atom. The number of nitrogens with two attached hydrogens (primary N) is 1. The van der Waals surface area contributed by atoms with Gasteiger partial charge in [-0.05, 0) is 23.8 Å². The van der Waals surface area contributed by atoms with Crippen molar-refractivity contribution in [1.82, 2.24) is 9.55 Å². The summed E-state index contributed by atoms with van der Waals surface area (Å²) in [6.45, 7) is -0.212. The smallest absolute Gasteiger partial charge is 0.203 e. The quantitative estimate of drug-likeness (QED) is 0.368. The number of rotatable bonds is 3. The van der Waals surface area contributed by atoms with Crippen LogP contribution >= 0.6 is 12.2 Å². The normalized spacial score (nSPS) is 26.8. The summed E-state index contributed by atoms with van der Waals surface area (Å²) in [6, 6.07) is 1.19. The molecule has 1 aliphatic heterocycles. The van der Waals surface area contributed by atoms with Gasteiger partial charge in [-0.1, -0.05) is 5.11 Å². The first kappa shape index (κ1) is 12.8. The molecule has 0 spiro atoms. The largest absolute Gasteiger partial charge is 0.394 e. The van der Waals surface area contributed by atoms with Crippen molar-refractivity contribution < 1.29 is 9.84 Å². The maximum absolute atomic E-state index is 9.16. The van der Waals surface area contributed by atoms with Crippen molar-refractivity contribution in [3.05, 3.63) is 27.5 Å². The van der Waals surface area contributed by atoms with Crippen LogP contribution in [0.5, 0.6) is 0 Å². The fraction of sp³-hybridized carbons (Fsp3) is 0.556. The molecule has 1 aromatic rings. The standard InChI is InChI=1S/C9H12N6O2S/c10-7-1-2-15(9(18)12-7)8-3-5(13-14-11)6(4-16)17-8/h1-2,5-6,8,16H,3-4H2,(H2,10,12,18)/t5-,6+,8+/m0/s1. The predicted octanol–water partition coefficient (Wildman–Crippen LogP) is 1.15. The highest BCUT2D eigenvalue weighted by atomic mass is 32.1. The Kier molecular flexibility index (Phi) is 3.78. The number of aromatic nitrogens is 2. The van der Waals surface area contributed by atoms with Crippen LogP contribution in [0.2, 0.25) is 0 Å². The summed E-state index contributed by atoms with van der Waals surface area (Å²) in [5, 5.41) is 12.8. The lowest BCUT2D eigenvalue weighted by atomic mass is 10.1. The third-order valence-corrected chi connectivity index (χ3v) is 3.05. The van der Waals surface area contributed by atoms with Crippen molar-refractivity contribution in [3.63, 3.8) is 0 Å². The molecule has 9 heteroatoms. The van der Waals surface area contributed by atoms with Gasteiger partial charge in [-0.2, -0.15) is 0 Å². The van der Waals surface area contributed by atoms with Crippen molar-refractivity contribution in [2.45, 2.75) is 24.8 Å². The van der Waals surface area contributed by atoms with E-state index in [2.05, 4.69) is 15.0 Å². The fourth-order valence-electron chi connectivity index (χ4n) is 1.88. The molecule has 0 amide bonds. The molecule has 1 aliphatic rings. The molecule has 0 aromatic carbocycles. The Bertz CT molecular complexity index is 540. The lowest BCUT2D eigenvalue weighted by Crippen LogP contribution is -2.23. The third-order valence-electron chi connectivity index (χ3n) is 2.75. The third kappa shape index (κ3) is 2.44. The molecule has 0 unspecified atom stereocenters. The highest BCUT2D eigenvalue weighted by Crippen LogP contribution is 2.30. The SMILES string of the molecule is [N-]=[N+]=N[C@H]1C[C@H](n2ccc(N)nc2=S)O[C@@H]1CO. The van der Waals surface area contributed by atoms with Crippen LogP contribution in [0.25, 0.3) is 10.4 Å². The van der Waals surface area contributed by atoms with Gasteiger partial charge >= 0.3 is 0 Å². The topological polar surface area (TPSA) is 122 Å². The first-order chi connectivity index (χ1) is 8.65. The number of nitrogen functional groups attached to an aromatic ring is 1. The fourth-order valence-corrected chi connectivity index (χ4v) is 2.17. The summed E-state index contributed by atoms with van der Waals surface area (Å²) in [6.07, 6.45) is 1.18. The van der Waals surface area contributed by atoms with Crippen LogP contribution in [0.4, 0.5) is 5.82 Å². The molecular formula is C9H12N6O2S. The minimum absolute atomic E-state index is 0.212.